The van der Waals surface area contributed by atoms with Gasteiger partial charge in [0.05, 0.1) is 23.3 Å². The molecule has 3 N–H and O–H groups in total. The number of carboxylic acid groups (broad SMARTS) is 1. The number of aromatic nitrogens is 2. The molecule has 0 saturated heterocycles. The second kappa shape index (κ2) is 5.64. The van der Waals surface area contributed by atoms with Crippen LogP contribution in [0.3, 0.4) is 0 Å². The largest absolute Gasteiger partial charge is 0.481 e. The highest BCUT2D eigenvalue weighted by Crippen LogP contribution is 2.11. The van der Waals surface area contributed by atoms with Crippen LogP contribution in [-0.4, -0.2) is 27.6 Å². The van der Waals surface area contributed by atoms with Gasteiger partial charge in [-0.05, 0) is 30.7 Å². The average Bonchev–Trinajstić information content (AvgIpc) is 2.81. The predicted octanol–water partition coefficient (Wildman–Crippen LogP) is 1.76. The third-order valence-electron chi connectivity index (χ3n) is 2.99. The number of hydrogen-bond acceptors (Lipinski definition) is 3. The highest BCUT2D eigenvalue weighted by atomic mass is 16.4. The molecule has 96 valence electrons. The van der Waals surface area contributed by atoms with E-state index in [-0.39, 0.29) is 5.92 Å². The number of rotatable bonds is 6. The van der Waals surface area contributed by atoms with E-state index in [1.807, 2.05) is 12.1 Å². The molecular weight excluding hydrogens is 230 g/mol. The van der Waals surface area contributed by atoms with Gasteiger partial charge >= 0.3 is 5.97 Å². The van der Waals surface area contributed by atoms with Crippen LogP contribution in [0.15, 0.2) is 24.5 Å². The fraction of sp³-hybridized carbons (Fsp3) is 0.385. The van der Waals surface area contributed by atoms with Crippen LogP contribution in [0.4, 0.5) is 0 Å². The molecule has 0 aliphatic carbocycles. The molecule has 1 aromatic carbocycles. The van der Waals surface area contributed by atoms with Gasteiger partial charge in [0, 0.05) is 6.54 Å². The number of hydrogen-bond donors (Lipinski definition) is 3. The summed E-state index contributed by atoms with van der Waals surface area (Å²) in [6, 6.07) is 6.05. The monoisotopic (exact) mass is 247 g/mol. The molecule has 1 atom stereocenters. The molecule has 0 spiro atoms. The molecule has 0 saturated carbocycles. The number of carboxylic acids is 1. The fourth-order valence-corrected chi connectivity index (χ4v) is 1.77. The van der Waals surface area contributed by atoms with E-state index in [0.29, 0.717) is 13.0 Å². The Hall–Kier alpha value is -1.88. The lowest BCUT2D eigenvalue weighted by Gasteiger charge is -2.07. The molecule has 2 rings (SSSR count). The molecular formula is C13H17N3O2. The SMILES string of the molecule is CC(CCNCc1ccc2nc[nH]c2c1)C(=O)O. The van der Waals surface area contributed by atoms with Crippen LogP contribution < -0.4 is 5.32 Å². The minimum atomic E-state index is -0.740. The van der Waals surface area contributed by atoms with Gasteiger partial charge in [0.1, 0.15) is 0 Å². The minimum Gasteiger partial charge on any atom is -0.481 e. The van der Waals surface area contributed by atoms with Crippen LogP contribution in [0, 0.1) is 5.92 Å². The van der Waals surface area contributed by atoms with Gasteiger partial charge in [0.15, 0.2) is 0 Å². The van der Waals surface area contributed by atoms with Crippen molar-refractivity contribution in [1.29, 1.82) is 0 Å². The molecule has 1 aromatic heterocycles. The Kier molecular flexibility index (Phi) is 3.94. The lowest BCUT2D eigenvalue weighted by atomic mass is 10.1. The number of nitrogens with one attached hydrogen (secondary N) is 2. The first-order chi connectivity index (χ1) is 8.66. The third kappa shape index (κ3) is 3.07. The van der Waals surface area contributed by atoms with Gasteiger partial charge in [0.2, 0.25) is 0 Å². The fourth-order valence-electron chi connectivity index (χ4n) is 1.77. The molecule has 5 heteroatoms. The summed E-state index contributed by atoms with van der Waals surface area (Å²) in [6.07, 6.45) is 2.32. The van der Waals surface area contributed by atoms with Crippen molar-refractivity contribution in [3.63, 3.8) is 0 Å². The Morgan fingerprint density at radius 2 is 2.39 bits per heavy atom. The maximum absolute atomic E-state index is 10.6. The second-order valence-electron chi connectivity index (χ2n) is 4.46. The lowest BCUT2D eigenvalue weighted by Crippen LogP contribution is -2.20. The van der Waals surface area contributed by atoms with Gasteiger partial charge in [0.25, 0.3) is 0 Å². The molecule has 0 radical (unpaired) electrons. The smallest absolute Gasteiger partial charge is 0.306 e. The second-order valence-corrected chi connectivity index (χ2v) is 4.46. The quantitative estimate of drug-likeness (QED) is 0.680. The Morgan fingerprint density at radius 1 is 1.56 bits per heavy atom. The van der Waals surface area contributed by atoms with E-state index in [2.05, 4.69) is 21.4 Å². The molecule has 18 heavy (non-hydrogen) atoms. The van der Waals surface area contributed by atoms with Crippen LogP contribution in [0.5, 0.6) is 0 Å². The summed E-state index contributed by atoms with van der Waals surface area (Å²) in [7, 11) is 0. The van der Waals surface area contributed by atoms with Crippen molar-refractivity contribution in [2.45, 2.75) is 19.9 Å². The van der Waals surface area contributed by atoms with Crippen LogP contribution in [0.2, 0.25) is 0 Å². The number of aliphatic carboxylic acids is 1. The van der Waals surface area contributed by atoms with Crippen molar-refractivity contribution in [2.24, 2.45) is 5.92 Å². The first-order valence-electron chi connectivity index (χ1n) is 6.02. The maximum atomic E-state index is 10.6. The number of aromatic amines is 1. The third-order valence-corrected chi connectivity index (χ3v) is 2.99. The van der Waals surface area contributed by atoms with E-state index in [4.69, 9.17) is 5.11 Å². The molecule has 0 aliphatic heterocycles. The van der Waals surface area contributed by atoms with Gasteiger partial charge in [-0.1, -0.05) is 13.0 Å². The zero-order chi connectivity index (χ0) is 13.0. The molecule has 2 aromatic rings. The normalized spacial score (nSPS) is 12.7. The van der Waals surface area contributed by atoms with Gasteiger partial charge in [-0.15, -0.1) is 0 Å². The van der Waals surface area contributed by atoms with Gasteiger partial charge < -0.3 is 15.4 Å². The van der Waals surface area contributed by atoms with E-state index in [9.17, 15) is 4.79 Å². The molecule has 1 heterocycles. The van der Waals surface area contributed by atoms with Crippen molar-refractivity contribution in [3.05, 3.63) is 30.1 Å². The first-order valence-corrected chi connectivity index (χ1v) is 6.02. The highest BCUT2D eigenvalue weighted by Gasteiger charge is 2.09. The lowest BCUT2D eigenvalue weighted by molar-refractivity contribution is -0.141. The topological polar surface area (TPSA) is 78.0 Å². The van der Waals surface area contributed by atoms with Gasteiger partial charge in [-0.3, -0.25) is 4.79 Å². The molecule has 0 bridgehead atoms. The summed E-state index contributed by atoms with van der Waals surface area (Å²) < 4.78 is 0. The van der Waals surface area contributed by atoms with Crippen molar-refractivity contribution in [3.8, 4) is 0 Å². The number of benzene rings is 1. The maximum Gasteiger partial charge on any atom is 0.306 e. The summed E-state index contributed by atoms with van der Waals surface area (Å²) in [5, 5.41) is 12.0. The van der Waals surface area contributed by atoms with Gasteiger partial charge in [-0.25, -0.2) is 4.98 Å². The van der Waals surface area contributed by atoms with Crippen LogP contribution in [-0.2, 0) is 11.3 Å². The van der Waals surface area contributed by atoms with E-state index in [1.54, 1.807) is 13.3 Å². The van der Waals surface area contributed by atoms with Crippen LogP contribution in [0.25, 0.3) is 11.0 Å². The van der Waals surface area contributed by atoms with Crippen molar-refractivity contribution in [2.75, 3.05) is 6.54 Å². The molecule has 0 fully saturated rings. The van der Waals surface area contributed by atoms with Crippen LogP contribution in [0.1, 0.15) is 18.9 Å². The minimum absolute atomic E-state index is 0.299. The summed E-state index contributed by atoms with van der Waals surface area (Å²) >= 11 is 0. The average molecular weight is 247 g/mol. The van der Waals surface area contributed by atoms with E-state index in [0.717, 1.165) is 23.1 Å². The van der Waals surface area contributed by atoms with Gasteiger partial charge in [-0.2, -0.15) is 0 Å². The molecule has 5 nitrogen and oxygen atoms in total. The summed E-state index contributed by atoms with van der Waals surface area (Å²) in [4.78, 5) is 17.9. The molecule has 0 aliphatic rings. The zero-order valence-electron chi connectivity index (χ0n) is 10.3. The number of nitrogens with zero attached hydrogens (tertiary/aromatic N) is 1. The van der Waals surface area contributed by atoms with Crippen molar-refractivity contribution < 1.29 is 9.90 Å². The number of imidazole rings is 1. The standard InChI is InChI=1S/C13H17N3O2/c1-9(13(17)18)4-5-14-7-10-2-3-11-12(6-10)16-8-15-11/h2-3,6,8-9,14H,4-5,7H2,1H3,(H,15,16)(H,17,18). The van der Waals surface area contributed by atoms with E-state index >= 15 is 0 Å². The van der Waals surface area contributed by atoms with E-state index < -0.39 is 5.97 Å². The Bertz CT molecular complexity index is 536. The number of H-pyrrole nitrogens is 1. The number of carbonyl (C=O) groups is 1. The van der Waals surface area contributed by atoms with Crippen molar-refractivity contribution in [1.82, 2.24) is 15.3 Å². The highest BCUT2D eigenvalue weighted by molar-refractivity contribution is 5.75. The Balaban J connectivity index is 1.81. The first kappa shape index (κ1) is 12.6. The predicted molar refractivity (Wildman–Crippen MR) is 69.2 cm³/mol. The summed E-state index contributed by atoms with van der Waals surface area (Å²) in [5.74, 6) is -1.04. The Morgan fingerprint density at radius 3 is 3.17 bits per heavy atom. The molecule has 0 amide bonds. The van der Waals surface area contributed by atoms with E-state index in [1.165, 1.54) is 0 Å². The Labute approximate surface area is 105 Å². The zero-order valence-corrected chi connectivity index (χ0v) is 10.3. The summed E-state index contributed by atoms with van der Waals surface area (Å²) in [5.41, 5.74) is 3.14. The van der Waals surface area contributed by atoms with Crippen LogP contribution >= 0.6 is 0 Å². The molecule has 1 unspecified atom stereocenters. The summed E-state index contributed by atoms with van der Waals surface area (Å²) in [6.45, 7) is 3.16. The number of fused-ring (bicyclic) bond motifs is 1. The van der Waals surface area contributed by atoms with Crippen molar-refractivity contribution >= 4 is 17.0 Å².